The molecule has 0 heterocycles. The maximum absolute atomic E-state index is 6.42. The fraction of sp³-hybridized carbons (Fsp3) is 0.250. The second-order valence-electron chi connectivity index (χ2n) is 6.78. The molecule has 0 amide bonds. The molecule has 0 aliphatic carbocycles. The van der Waals surface area contributed by atoms with Gasteiger partial charge < -0.3 is 9.64 Å². The number of anilines is 1. The number of hydrogen-bond donors (Lipinski definition) is 0. The summed E-state index contributed by atoms with van der Waals surface area (Å²) >= 11 is 0. The lowest BCUT2D eigenvalue weighted by Crippen LogP contribution is -2.23. The number of ether oxygens (including phenoxy) is 1. The smallest absolute Gasteiger partial charge is 0.125 e. The SMILES string of the molecule is Cc1ccccc1OC(CCN(C)c1ccccc1C)c1ccccc1. The first-order valence-corrected chi connectivity index (χ1v) is 9.19. The Labute approximate surface area is 157 Å². The Hall–Kier alpha value is -2.74. The summed E-state index contributed by atoms with van der Waals surface area (Å²) in [6.45, 7) is 5.18. The molecule has 3 rings (SSSR count). The molecule has 0 aliphatic heterocycles. The third kappa shape index (κ3) is 4.45. The Balaban J connectivity index is 1.76. The van der Waals surface area contributed by atoms with E-state index in [1.165, 1.54) is 22.4 Å². The molecule has 0 saturated heterocycles. The topological polar surface area (TPSA) is 12.5 Å². The molecule has 1 atom stereocenters. The Morgan fingerprint density at radius 1 is 0.769 bits per heavy atom. The molecule has 1 unspecified atom stereocenters. The summed E-state index contributed by atoms with van der Waals surface area (Å²) in [5.74, 6) is 0.958. The summed E-state index contributed by atoms with van der Waals surface area (Å²) in [5.41, 5.74) is 4.95. The van der Waals surface area contributed by atoms with Crippen LogP contribution in [-0.2, 0) is 0 Å². The van der Waals surface area contributed by atoms with Gasteiger partial charge in [0.25, 0.3) is 0 Å². The molecular formula is C24H27NO. The Morgan fingerprint density at radius 3 is 2.08 bits per heavy atom. The number of rotatable bonds is 7. The van der Waals surface area contributed by atoms with Gasteiger partial charge in [-0.3, -0.25) is 0 Å². The Kier molecular flexibility index (Phi) is 5.96. The molecule has 0 N–H and O–H groups in total. The predicted octanol–water partition coefficient (Wildman–Crippen LogP) is 5.95. The van der Waals surface area contributed by atoms with Crippen molar-refractivity contribution in [2.75, 3.05) is 18.5 Å². The second-order valence-corrected chi connectivity index (χ2v) is 6.78. The molecular weight excluding hydrogens is 318 g/mol. The van der Waals surface area contributed by atoms with Crippen LogP contribution in [0.4, 0.5) is 5.69 Å². The zero-order valence-electron chi connectivity index (χ0n) is 15.9. The fourth-order valence-corrected chi connectivity index (χ4v) is 3.23. The van der Waals surface area contributed by atoms with Crippen molar-refractivity contribution in [3.8, 4) is 5.75 Å². The van der Waals surface area contributed by atoms with Gasteiger partial charge in [-0.2, -0.15) is 0 Å². The minimum Gasteiger partial charge on any atom is -0.485 e. The van der Waals surface area contributed by atoms with Crippen LogP contribution in [0.1, 0.15) is 29.2 Å². The predicted molar refractivity (Wildman–Crippen MR) is 110 cm³/mol. The van der Waals surface area contributed by atoms with Gasteiger partial charge in [0, 0.05) is 25.7 Å². The summed E-state index contributed by atoms with van der Waals surface area (Å²) in [5, 5.41) is 0. The molecule has 2 nitrogen and oxygen atoms in total. The van der Waals surface area contributed by atoms with E-state index in [9.17, 15) is 0 Å². The van der Waals surface area contributed by atoms with E-state index >= 15 is 0 Å². The van der Waals surface area contributed by atoms with Crippen LogP contribution in [-0.4, -0.2) is 13.6 Å². The molecule has 26 heavy (non-hydrogen) atoms. The Bertz CT molecular complexity index is 828. The van der Waals surface area contributed by atoms with Crippen molar-refractivity contribution in [2.24, 2.45) is 0 Å². The lowest BCUT2D eigenvalue weighted by molar-refractivity contribution is 0.196. The summed E-state index contributed by atoms with van der Waals surface area (Å²) in [6, 6.07) is 27.2. The molecule has 134 valence electrons. The molecule has 0 aromatic heterocycles. The first kappa shape index (κ1) is 18.1. The number of para-hydroxylation sites is 2. The molecule has 3 aromatic rings. The zero-order valence-corrected chi connectivity index (χ0v) is 15.9. The maximum atomic E-state index is 6.42. The van der Waals surface area contributed by atoms with Gasteiger partial charge >= 0.3 is 0 Å². The lowest BCUT2D eigenvalue weighted by atomic mass is 10.1. The lowest BCUT2D eigenvalue weighted by Gasteiger charge is -2.26. The van der Waals surface area contributed by atoms with Gasteiger partial charge in [0.1, 0.15) is 11.9 Å². The molecule has 0 saturated carbocycles. The van der Waals surface area contributed by atoms with E-state index in [1.807, 2.05) is 18.2 Å². The minimum atomic E-state index is 0.0313. The first-order valence-electron chi connectivity index (χ1n) is 9.19. The van der Waals surface area contributed by atoms with Crippen molar-refractivity contribution in [2.45, 2.75) is 26.4 Å². The van der Waals surface area contributed by atoms with Crippen LogP contribution in [0, 0.1) is 13.8 Å². The van der Waals surface area contributed by atoms with Crippen molar-refractivity contribution in [1.29, 1.82) is 0 Å². The average Bonchev–Trinajstić information content (AvgIpc) is 2.67. The van der Waals surface area contributed by atoms with Gasteiger partial charge in [-0.25, -0.2) is 0 Å². The first-order chi connectivity index (χ1) is 12.6. The molecule has 0 spiro atoms. The summed E-state index contributed by atoms with van der Waals surface area (Å²) < 4.78 is 6.42. The van der Waals surface area contributed by atoms with Crippen LogP contribution in [0.25, 0.3) is 0 Å². The summed E-state index contributed by atoms with van der Waals surface area (Å²) in [4.78, 5) is 2.31. The van der Waals surface area contributed by atoms with Crippen LogP contribution in [0.2, 0.25) is 0 Å². The maximum Gasteiger partial charge on any atom is 0.125 e. The van der Waals surface area contributed by atoms with Crippen LogP contribution >= 0.6 is 0 Å². The molecule has 3 aromatic carbocycles. The van der Waals surface area contributed by atoms with Gasteiger partial charge in [-0.1, -0.05) is 66.7 Å². The van der Waals surface area contributed by atoms with Crippen molar-refractivity contribution < 1.29 is 4.74 Å². The zero-order chi connectivity index (χ0) is 18.4. The normalized spacial score (nSPS) is 11.8. The van der Waals surface area contributed by atoms with Gasteiger partial charge in [0.05, 0.1) is 0 Å². The van der Waals surface area contributed by atoms with E-state index in [1.54, 1.807) is 0 Å². The Morgan fingerprint density at radius 2 is 1.38 bits per heavy atom. The van der Waals surface area contributed by atoms with Crippen molar-refractivity contribution >= 4 is 5.69 Å². The number of benzene rings is 3. The summed E-state index contributed by atoms with van der Waals surface area (Å²) in [7, 11) is 2.15. The minimum absolute atomic E-state index is 0.0313. The average molecular weight is 345 g/mol. The number of hydrogen-bond acceptors (Lipinski definition) is 2. The van der Waals surface area contributed by atoms with E-state index in [0.29, 0.717) is 0 Å². The third-order valence-electron chi connectivity index (χ3n) is 4.79. The van der Waals surface area contributed by atoms with E-state index in [-0.39, 0.29) is 6.10 Å². The number of nitrogens with zero attached hydrogens (tertiary/aromatic N) is 1. The van der Waals surface area contributed by atoms with E-state index < -0.39 is 0 Å². The highest BCUT2D eigenvalue weighted by Crippen LogP contribution is 2.28. The van der Waals surface area contributed by atoms with Crippen molar-refractivity contribution in [3.05, 3.63) is 95.6 Å². The highest BCUT2D eigenvalue weighted by atomic mass is 16.5. The van der Waals surface area contributed by atoms with Crippen LogP contribution in [0.5, 0.6) is 5.75 Å². The summed E-state index contributed by atoms with van der Waals surface area (Å²) in [6.07, 6.45) is 0.951. The van der Waals surface area contributed by atoms with Gasteiger partial charge in [-0.15, -0.1) is 0 Å². The van der Waals surface area contributed by atoms with Crippen LogP contribution in [0.15, 0.2) is 78.9 Å². The van der Waals surface area contributed by atoms with E-state index in [4.69, 9.17) is 4.74 Å². The van der Waals surface area contributed by atoms with Crippen molar-refractivity contribution in [3.63, 3.8) is 0 Å². The largest absolute Gasteiger partial charge is 0.485 e. The highest BCUT2D eigenvalue weighted by molar-refractivity contribution is 5.52. The van der Waals surface area contributed by atoms with Gasteiger partial charge in [0.15, 0.2) is 0 Å². The molecule has 0 bridgehead atoms. The van der Waals surface area contributed by atoms with E-state index in [2.05, 4.69) is 86.5 Å². The second kappa shape index (κ2) is 8.57. The van der Waals surface area contributed by atoms with Crippen LogP contribution in [0.3, 0.4) is 0 Å². The molecule has 2 heteroatoms. The highest BCUT2D eigenvalue weighted by Gasteiger charge is 2.16. The fourth-order valence-electron chi connectivity index (χ4n) is 3.23. The van der Waals surface area contributed by atoms with Crippen LogP contribution < -0.4 is 9.64 Å². The van der Waals surface area contributed by atoms with Crippen molar-refractivity contribution in [1.82, 2.24) is 0 Å². The van der Waals surface area contributed by atoms with E-state index in [0.717, 1.165) is 18.7 Å². The monoisotopic (exact) mass is 345 g/mol. The van der Waals surface area contributed by atoms with Gasteiger partial charge in [-0.05, 0) is 42.7 Å². The molecule has 0 radical (unpaired) electrons. The quantitative estimate of drug-likeness (QED) is 0.524. The van der Waals surface area contributed by atoms with Gasteiger partial charge in [0.2, 0.25) is 0 Å². The standard InChI is InChI=1S/C24H27NO/c1-19-11-7-9-15-22(19)25(3)18-17-24(21-13-5-4-6-14-21)26-23-16-10-8-12-20(23)2/h4-16,24H,17-18H2,1-3H3. The third-order valence-corrected chi connectivity index (χ3v) is 4.79. The molecule has 0 aliphatic rings. The molecule has 0 fully saturated rings. The number of aryl methyl sites for hydroxylation is 2.